The number of rotatable bonds is 5. The van der Waals surface area contributed by atoms with Gasteiger partial charge in [-0.3, -0.25) is 9.88 Å². The minimum absolute atomic E-state index is 0.270. The largest absolute Gasteiger partial charge is 0.416 e. The maximum atomic E-state index is 13.5. The fourth-order valence-corrected chi connectivity index (χ4v) is 4.43. The van der Waals surface area contributed by atoms with Crippen molar-refractivity contribution in [2.75, 3.05) is 36.4 Å². The van der Waals surface area contributed by atoms with Gasteiger partial charge in [0.15, 0.2) is 0 Å². The molecule has 0 spiro atoms. The Kier molecular flexibility index (Phi) is 6.49. The van der Waals surface area contributed by atoms with Crippen molar-refractivity contribution in [3.8, 4) is 0 Å². The number of anilines is 3. The fraction of sp³-hybridized carbons (Fsp3) is 0.222. The number of aromatic nitrogens is 1. The molecule has 0 atom stereocenters. The van der Waals surface area contributed by atoms with Gasteiger partial charge in [-0.2, -0.15) is 13.2 Å². The molecule has 0 radical (unpaired) electrons. The van der Waals surface area contributed by atoms with Crippen LogP contribution >= 0.6 is 0 Å². The van der Waals surface area contributed by atoms with Gasteiger partial charge in [0, 0.05) is 67.4 Å². The Bertz CT molecular complexity index is 1340. The lowest BCUT2D eigenvalue weighted by atomic mass is 10.1. The molecule has 1 aliphatic heterocycles. The number of nitrogens with one attached hydrogen (secondary N) is 1. The molecular weight excluding hydrogens is 475 g/mol. The van der Waals surface area contributed by atoms with Gasteiger partial charge >= 0.3 is 6.18 Å². The molecule has 36 heavy (non-hydrogen) atoms. The first-order valence-electron chi connectivity index (χ1n) is 11.5. The Morgan fingerprint density at radius 1 is 0.806 bits per heavy atom. The highest BCUT2D eigenvalue weighted by molar-refractivity contribution is 5.93. The predicted octanol–water partition coefficient (Wildman–Crippen LogP) is 6.60. The highest BCUT2D eigenvalue weighted by Crippen LogP contribution is 2.33. The van der Waals surface area contributed by atoms with Crippen molar-refractivity contribution in [3.05, 3.63) is 95.7 Å². The molecule has 186 valence electrons. The summed E-state index contributed by atoms with van der Waals surface area (Å²) < 4.78 is 66.1. The van der Waals surface area contributed by atoms with E-state index in [1.165, 1.54) is 24.4 Å². The van der Waals surface area contributed by atoms with Crippen LogP contribution in [0.25, 0.3) is 10.9 Å². The molecular formula is C27H23F5N4. The summed E-state index contributed by atoms with van der Waals surface area (Å²) in [5, 5.41) is 3.87. The molecule has 3 aromatic carbocycles. The molecule has 1 N–H and O–H groups in total. The third-order valence-corrected chi connectivity index (χ3v) is 6.29. The van der Waals surface area contributed by atoms with Crippen LogP contribution in [0.2, 0.25) is 0 Å². The zero-order valence-corrected chi connectivity index (χ0v) is 19.2. The first-order valence-corrected chi connectivity index (χ1v) is 11.5. The summed E-state index contributed by atoms with van der Waals surface area (Å²) in [6.07, 6.45) is -2.93. The smallest absolute Gasteiger partial charge is 0.369 e. The molecule has 9 heteroatoms. The number of hydrogen-bond donors (Lipinski definition) is 1. The van der Waals surface area contributed by atoms with E-state index in [-0.39, 0.29) is 5.52 Å². The normalized spacial score (nSPS) is 14.9. The van der Waals surface area contributed by atoms with Crippen molar-refractivity contribution in [1.82, 2.24) is 9.88 Å². The quantitative estimate of drug-likeness (QED) is 0.314. The second-order valence-corrected chi connectivity index (χ2v) is 8.80. The summed E-state index contributed by atoms with van der Waals surface area (Å²) >= 11 is 0. The molecule has 1 aliphatic rings. The summed E-state index contributed by atoms with van der Waals surface area (Å²) in [4.78, 5) is 8.34. The predicted molar refractivity (Wildman–Crippen MR) is 130 cm³/mol. The van der Waals surface area contributed by atoms with Crippen LogP contribution in [0.3, 0.4) is 0 Å². The summed E-state index contributed by atoms with van der Waals surface area (Å²) in [6.45, 7) is 3.62. The van der Waals surface area contributed by atoms with Gasteiger partial charge in [0.25, 0.3) is 0 Å². The third-order valence-electron chi connectivity index (χ3n) is 6.29. The lowest BCUT2D eigenvalue weighted by molar-refractivity contribution is -0.137. The van der Waals surface area contributed by atoms with E-state index in [1.807, 2.05) is 29.2 Å². The molecule has 5 rings (SSSR count). The first-order chi connectivity index (χ1) is 17.2. The lowest BCUT2D eigenvalue weighted by Crippen LogP contribution is -2.46. The van der Waals surface area contributed by atoms with Gasteiger partial charge in [-0.15, -0.1) is 0 Å². The minimum atomic E-state index is -4.42. The van der Waals surface area contributed by atoms with Gasteiger partial charge in [-0.25, -0.2) is 8.78 Å². The van der Waals surface area contributed by atoms with Crippen LogP contribution in [0.5, 0.6) is 0 Å². The van der Waals surface area contributed by atoms with E-state index >= 15 is 0 Å². The molecule has 0 unspecified atom stereocenters. The van der Waals surface area contributed by atoms with E-state index in [4.69, 9.17) is 0 Å². The maximum absolute atomic E-state index is 13.5. The van der Waals surface area contributed by atoms with Gasteiger partial charge in [0.05, 0.1) is 11.1 Å². The van der Waals surface area contributed by atoms with Crippen LogP contribution in [0.15, 0.2) is 72.9 Å². The standard InChI is InChI=1S/C27H23F5N4/c28-20-14-21(29)16-23(15-20)36-11-9-35(10-12-36)17-18-1-4-22(5-2-18)34-25-7-8-33-26-13-19(27(30,31)32)3-6-24(25)26/h1-8,13-16H,9-12,17H2,(H,33,34). The Balaban J connectivity index is 1.21. The molecule has 4 nitrogen and oxygen atoms in total. The van der Waals surface area contributed by atoms with E-state index in [0.717, 1.165) is 49.1 Å². The van der Waals surface area contributed by atoms with E-state index in [1.54, 1.807) is 6.07 Å². The summed E-state index contributed by atoms with van der Waals surface area (Å²) in [7, 11) is 0. The molecule has 0 aliphatic carbocycles. The van der Waals surface area contributed by atoms with Crippen molar-refractivity contribution >= 4 is 28.0 Å². The summed E-state index contributed by atoms with van der Waals surface area (Å²) in [5.41, 5.74) is 2.69. The van der Waals surface area contributed by atoms with E-state index in [2.05, 4.69) is 15.2 Å². The average Bonchev–Trinajstić information content (AvgIpc) is 2.84. The van der Waals surface area contributed by atoms with Crippen molar-refractivity contribution in [2.45, 2.75) is 12.7 Å². The molecule has 1 aromatic heterocycles. The zero-order valence-electron chi connectivity index (χ0n) is 19.2. The van der Waals surface area contributed by atoms with Crippen LogP contribution in [0.4, 0.5) is 39.0 Å². The third kappa shape index (κ3) is 5.41. The van der Waals surface area contributed by atoms with Gasteiger partial charge in [-0.1, -0.05) is 18.2 Å². The van der Waals surface area contributed by atoms with E-state index in [9.17, 15) is 22.0 Å². The number of piperazine rings is 1. The number of pyridine rings is 1. The van der Waals surface area contributed by atoms with Crippen molar-refractivity contribution in [1.29, 1.82) is 0 Å². The number of benzene rings is 3. The molecule has 0 saturated carbocycles. The number of hydrogen-bond acceptors (Lipinski definition) is 4. The SMILES string of the molecule is Fc1cc(F)cc(N2CCN(Cc3ccc(Nc4ccnc5cc(C(F)(F)F)ccc45)cc3)CC2)c1. The van der Waals surface area contributed by atoms with Crippen molar-refractivity contribution < 1.29 is 22.0 Å². The first kappa shape index (κ1) is 24.0. The summed E-state index contributed by atoms with van der Waals surface area (Å²) in [6, 6.07) is 16.7. The number of nitrogens with zero attached hydrogens (tertiary/aromatic N) is 3. The molecule has 0 amide bonds. The maximum Gasteiger partial charge on any atom is 0.416 e. The van der Waals surface area contributed by atoms with Gasteiger partial charge in [0.2, 0.25) is 0 Å². The van der Waals surface area contributed by atoms with Crippen molar-refractivity contribution in [3.63, 3.8) is 0 Å². The number of fused-ring (bicyclic) bond motifs is 1. The number of alkyl halides is 3. The summed E-state index contributed by atoms with van der Waals surface area (Å²) in [5.74, 6) is -1.15. The van der Waals surface area contributed by atoms with E-state index < -0.39 is 23.4 Å². The topological polar surface area (TPSA) is 31.4 Å². The zero-order chi connectivity index (χ0) is 25.3. The van der Waals surface area contributed by atoms with Crippen LogP contribution in [-0.2, 0) is 12.7 Å². The average molecular weight is 498 g/mol. The molecule has 2 heterocycles. The van der Waals surface area contributed by atoms with Crippen LogP contribution in [-0.4, -0.2) is 36.1 Å². The number of halogens is 5. The highest BCUT2D eigenvalue weighted by Gasteiger charge is 2.30. The minimum Gasteiger partial charge on any atom is -0.369 e. The Hall–Kier alpha value is -3.72. The van der Waals surface area contributed by atoms with Crippen LogP contribution in [0, 0.1) is 11.6 Å². The van der Waals surface area contributed by atoms with Gasteiger partial charge in [-0.05, 0) is 48.0 Å². The molecule has 0 bridgehead atoms. The van der Waals surface area contributed by atoms with Crippen molar-refractivity contribution in [2.24, 2.45) is 0 Å². The van der Waals surface area contributed by atoms with Crippen LogP contribution in [0.1, 0.15) is 11.1 Å². The lowest BCUT2D eigenvalue weighted by Gasteiger charge is -2.36. The molecule has 1 fully saturated rings. The van der Waals surface area contributed by atoms with E-state index in [0.29, 0.717) is 29.9 Å². The molecule has 1 saturated heterocycles. The fourth-order valence-electron chi connectivity index (χ4n) is 4.43. The highest BCUT2D eigenvalue weighted by atomic mass is 19.4. The Labute approximate surface area is 205 Å². The second-order valence-electron chi connectivity index (χ2n) is 8.80. The second kappa shape index (κ2) is 9.73. The Morgan fingerprint density at radius 3 is 2.17 bits per heavy atom. The van der Waals surface area contributed by atoms with Gasteiger partial charge < -0.3 is 10.2 Å². The van der Waals surface area contributed by atoms with Gasteiger partial charge in [0.1, 0.15) is 11.6 Å². The molecule has 4 aromatic rings. The monoisotopic (exact) mass is 498 g/mol. The Morgan fingerprint density at radius 2 is 1.50 bits per heavy atom. The van der Waals surface area contributed by atoms with Crippen LogP contribution < -0.4 is 10.2 Å².